The molecular formula is C21H29F2N3O5S. The summed E-state index contributed by atoms with van der Waals surface area (Å²) in [6.07, 6.45) is -0.205. The van der Waals surface area contributed by atoms with Crippen LogP contribution in [0.4, 0.5) is 8.78 Å². The fraction of sp³-hybridized carbons (Fsp3) is 0.571. The number of hydrogen-bond acceptors (Lipinski definition) is 5. The number of carbonyl (C=O) groups is 3. The zero-order valence-corrected chi connectivity index (χ0v) is 19.4. The van der Waals surface area contributed by atoms with Crippen molar-refractivity contribution in [2.45, 2.75) is 70.0 Å². The lowest BCUT2D eigenvalue weighted by Gasteiger charge is -2.24. The van der Waals surface area contributed by atoms with E-state index in [4.69, 9.17) is 0 Å². The smallest absolute Gasteiger partial charge is 0.309 e. The molecule has 2 amide bonds. The van der Waals surface area contributed by atoms with Crippen LogP contribution in [0.1, 0.15) is 39.7 Å². The van der Waals surface area contributed by atoms with Gasteiger partial charge >= 0.3 is 5.92 Å². The molecule has 3 N–H and O–H groups in total. The second-order valence-electron chi connectivity index (χ2n) is 8.57. The van der Waals surface area contributed by atoms with Gasteiger partial charge in [0.1, 0.15) is 12.1 Å². The minimum absolute atomic E-state index is 0.0119. The van der Waals surface area contributed by atoms with Crippen molar-refractivity contribution in [2.75, 3.05) is 0 Å². The molecule has 4 unspecified atom stereocenters. The first-order chi connectivity index (χ1) is 14.7. The Morgan fingerprint density at radius 1 is 1.09 bits per heavy atom. The molecule has 1 aromatic carbocycles. The number of halogens is 2. The topological polar surface area (TPSA) is 121 Å². The molecule has 2 rings (SSSR count). The van der Waals surface area contributed by atoms with Crippen molar-refractivity contribution in [3.05, 3.63) is 29.8 Å². The Morgan fingerprint density at radius 2 is 1.66 bits per heavy atom. The van der Waals surface area contributed by atoms with Crippen molar-refractivity contribution >= 4 is 27.6 Å². The van der Waals surface area contributed by atoms with Gasteiger partial charge in [0.05, 0.1) is 10.9 Å². The molecule has 0 aliphatic heterocycles. The molecule has 178 valence electrons. The second kappa shape index (κ2) is 9.62. The molecule has 0 spiro atoms. The number of aryl methyl sites for hydroxylation is 1. The second-order valence-corrected chi connectivity index (χ2v) is 10.3. The molecule has 32 heavy (non-hydrogen) atoms. The number of sulfonamides is 1. The summed E-state index contributed by atoms with van der Waals surface area (Å²) < 4.78 is 55.1. The maximum Gasteiger partial charge on any atom is 0.309 e. The minimum Gasteiger partial charge on any atom is -0.344 e. The molecule has 1 aromatic rings. The Kier molecular flexibility index (Phi) is 7.77. The van der Waals surface area contributed by atoms with Crippen LogP contribution in [0.2, 0.25) is 0 Å². The Bertz CT molecular complexity index is 980. The summed E-state index contributed by atoms with van der Waals surface area (Å²) in [6.45, 7) is 7.62. The molecule has 1 saturated carbocycles. The first-order valence-corrected chi connectivity index (χ1v) is 11.8. The molecule has 1 aliphatic rings. The van der Waals surface area contributed by atoms with Crippen LogP contribution < -0.4 is 15.4 Å². The standard InChI is InChI=1S/C21H29F2N3O5S/c1-11(2)17(26-32(30,31)15-8-6-12(3)7-9-15)20(29)24-14(5)19(28)25-16-10-13(4)21(22,23)18(16)27/h6-9,11,13-14,16-17,26H,10H2,1-5H3,(H,24,29)(H,25,28). The van der Waals surface area contributed by atoms with Gasteiger partial charge in [0.2, 0.25) is 27.6 Å². The van der Waals surface area contributed by atoms with Gasteiger partial charge in [-0.15, -0.1) is 0 Å². The molecule has 0 radical (unpaired) electrons. The molecule has 11 heteroatoms. The van der Waals surface area contributed by atoms with Gasteiger partial charge in [-0.25, -0.2) is 8.42 Å². The van der Waals surface area contributed by atoms with Gasteiger partial charge in [-0.1, -0.05) is 38.5 Å². The van der Waals surface area contributed by atoms with Crippen molar-refractivity contribution < 1.29 is 31.6 Å². The van der Waals surface area contributed by atoms with Crippen LogP contribution in [-0.4, -0.2) is 50.1 Å². The molecule has 0 bridgehead atoms. The van der Waals surface area contributed by atoms with Crippen LogP contribution in [0.15, 0.2) is 29.2 Å². The predicted octanol–water partition coefficient (Wildman–Crippen LogP) is 1.53. The first kappa shape index (κ1) is 25.9. The Morgan fingerprint density at radius 3 is 2.12 bits per heavy atom. The number of ketones is 1. The van der Waals surface area contributed by atoms with E-state index >= 15 is 0 Å². The zero-order chi connectivity index (χ0) is 24.4. The number of nitrogens with one attached hydrogen (secondary N) is 3. The number of carbonyl (C=O) groups excluding carboxylic acids is 3. The number of Topliss-reactive ketones (excluding diaryl/α,β-unsaturated/α-hetero) is 1. The van der Waals surface area contributed by atoms with Crippen LogP contribution >= 0.6 is 0 Å². The van der Waals surface area contributed by atoms with Crippen molar-refractivity contribution in [2.24, 2.45) is 11.8 Å². The molecule has 0 aromatic heterocycles. The van der Waals surface area contributed by atoms with Gasteiger partial charge < -0.3 is 10.6 Å². The monoisotopic (exact) mass is 473 g/mol. The Labute approximate surface area is 186 Å². The molecule has 4 atom stereocenters. The highest BCUT2D eigenvalue weighted by atomic mass is 32.2. The third-order valence-electron chi connectivity index (χ3n) is 5.48. The van der Waals surface area contributed by atoms with E-state index in [9.17, 15) is 31.6 Å². The maximum atomic E-state index is 13.7. The van der Waals surface area contributed by atoms with Crippen molar-refractivity contribution in [3.8, 4) is 0 Å². The third kappa shape index (κ3) is 5.69. The summed E-state index contributed by atoms with van der Waals surface area (Å²) in [5, 5.41) is 4.63. The van der Waals surface area contributed by atoms with E-state index in [0.717, 1.165) is 5.56 Å². The number of benzene rings is 1. The molecule has 8 nitrogen and oxygen atoms in total. The van der Waals surface area contributed by atoms with Crippen molar-refractivity contribution in [1.82, 2.24) is 15.4 Å². The quantitative estimate of drug-likeness (QED) is 0.529. The number of rotatable bonds is 8. The van der Waals surface area contributed by atoms with E-state index < -0.39 is 63.5 Å². The summed E-state index contributed by atoms with van der Waals surface area (Å²) in [4.78, 5) is 36.9. The number of alkyl halides is 2. The molecule has 0 heterocycles. The number of amides is 2. The van der Waals surface area contributed by atoms with Crippen LogP contribution in [0.25, 0.3) is 0 Å². The summed E-state index contributed by atoms with van der Waals surface area (Å²) >= 11 is 0. The van der Waals surface area contributed by atoms with Gasteiger partial charge in [0, 0.05) is 5.92 Å². The van der Waals surface area contributed by atoms with Crippen LogP contribution in [-0.2, 0) is 24.4 Å². The summed E-state index contributed by atoms with van der Waals surface area (Å²) in [5.74, 6) is -8.10. The van der Waals surface area contributed by atoms with Crippen LogP contribution in [0.5, 0.6) is 0 Å². The number of hydrogen-bond donors (Lipinski definition) is 3. The van der Waals surface area contributed by atoms with Crippen LogP contribution in [0, 0.1) is 18.8 Å². The van der Waals surface area contributed by atoms with Gasteiger partial charge in [0.15, 0.2) is 0 Å². The Hall–Kier alpha value is -2.40. The summed E-state index contributed by atoms with van der Waals surface area (Å²) in [6, 6.07) is 2.38. The first-order valence-electron chi connectivity index (χ1n) is 10.3. The normalized spacial score (nSPS) is 22.4. The average molecular weight is 474 g/mol. The highest BCUT2D eigenvalue weighted by Crippen LogP contribution is 2.37. The largest absolute Gasteiger partial charge is 0.344 e. The fourth-order valence-corrected chi connectivity index (χ4v) is 4.66. The lowest BCUT2D eigenvalue weighted by molar-refractivity contribution is -0.144. The minimum atomic E-state index is -4.01. The summed E-state index contributed by atoms with van der Waals surface area (Å²) in [5.41, 5.74) is 0.870. The molecule has 0 saturated heterocycles. The lowest BCUT2D eigenvalue weighted by Crippen LogP contribution is -2.55. The van der Waals surface area contributed by atoms with E-state index in [1.165, 1.54) is 26.0 Å². The Balaban J connectivity index is 2.05. The van der Waals surface area contributed by atoms with Crippen LogP contribution in [0.3, 0.4) is 0 Å². The third-order valence-corrected chi connectivity index (χ3v) is 6.94. The van der Waals surface area contributed by atoms with Crippen molar-refractivity contribution in [3.63, 3.8) is 0 Å². The van der Waals surface area contributed by atoms with E-state index in [1.807, 2.05) is 6.92 Å². The van der Waals surface area contributed by atoms with Gasteiger partial charge in [-0.05, 0) is 38.3 Å². The predicted molar refractivity (Wildman–Crippen MR) is 113 cm³/mol. The zero-order valence-electron chi connectivity index (χ0n) is 18.6. The maximum absolute atomic E-state index is 13.7. The highest BCUT2D eigenvalue weighted by Gasteiger charge is 2.55. The van der Waals surface area contributed by atoms with E-state index in [1.54, 1.807) is 26.0 Å². The lowest BCUT2D eigenvalue weighted by atomic mass is 10.0. The summed E-state index contributed by atoms with van der Waals surface area (Å²) in [7, 11) is -4.01. The fourth-order valence-electron chi connectivity index (χ4n) is 3.32. The molecular weight excluding hydrogens is 444 g/mol. The molecule has 1 aliphatic carbocycles. The van der Waals surface area contributed by atoms with Gasteiger partial charge in [0.25, 0.3) is 0 Å². The van der Waals surface area contributed by atoms with Gasteiger partial charge in [-0.2, -0.15) is 13.5 Å². The highest BCUT2D eigenvalue weighted by molar-refractivity contribution is 7.89. The average Bonchev–Trinajstić information content (AvgIpc) is 2.88. The van der Waals surface area contributed by atoms with E-state index in [0.29, 0.717) is 0 Å². The van der Waals surface area contributed by atoms with Crippen molar-refractivity contribution in [1.29, 1.82) is 0 Å². The molecule has 1 fully saturated rings. The van der Waals surface area contributed by atoms with Gasteiger partial charge in [-0.3, -0.25) is 14.4 Å². The SMILES string of the molecule is Cc1ccc(S(=O)(=O)NC(C(=O)NC(C)C(=O)NC2CC(C)C(F)(F)C2=O)C(C)C)cc1. The van der Waals surface area contributed by atoms with E-state index in [2.05, 4.69) is 15.4 Å². The van der Waals surface area contributed by atoms with E-state index in [-0.39, 0.29) is 11.3 Å².